The van der Waals surface area contributed by atoms with Crippen LogP contribution in [0.5, 0.6) is 0 Å². The van der Waals surface area contributed by atoms with Gasteiger partial charge < -0.3 is 10.0 Å². The lowest BCUT2D eigenvalue weighted by Crippen LogP contribution is -2.37. The van der Waals surface area contributed by atoms with Gasteiger partial charge in [-0.05, 0) is 69.7 Å². The van der Waals surface area contributed by atoms with Crippen molar-refractivity contribution in [1.82, 2.24) is 4.90 Å². The molecule has 1 heterocycles. The molecule has 0 aromatic rings. The van der Waals surface area contributed by atoms with E-state index in [9.17, 15) is 5.11 Å². The Hall–Kier alpha value is -0.0800. The lowest BCUT2D eigenvalue weighted by atomic mass is 9.88. The maximum Gasteiger partial charge on any atom is 0.0527 e. The SMILES string of the molecule is CC(O)CC1CCCN1CC1CC2CCC1C2. The quantitative estimate of drug-likeness (QED) is 0.812. The van der Waals surface area contributed by atoms with E-state index in [0.717, 1.165) is 24.2 Å². The van der Waals surface area contributed by atoms with Gasteiger partial charge in [-0.15, -0.1) is 0 Å². The minimum atomic E-state index is -0.124. The minimum Gasteiger partial charge on any atom is -0.393 e. The lowest BCUT2D eigenvalue weighted by Gasteiger charge is -2.31. The van der Waals surface area contributed by atoms with Crippen LogP contribution in [0, 0.1) is 17.8 Å². The van der Waals surface area contributed by atoms with Gasteiger partial charge in [-0.2, -0.15) is 0 Å². The highest BCUT2D eigenvalue weighted by Crippen LogP contribution is 2.48. The smallest absolute Gasteiger partial charge is 0.0527 e. The molecule has 1 N–H and O–H groups in total. The van der Waals surface area contributed by atoms with Gasteiger partial charge in [0.05, 0.1) is 6.10 Å². The fourth-order valence-electron chi connectivity index (χ4n) is 4.70. The molecule has 5 atom stereocenters. The highest BCUT2D eigenvalue weighted by atomic mass is 16.3. The van der Waals surface area contributed by atoms with Crippen LogP contribution in [-0.2, 0) is 0 Å². The summed E-state index contributed by atoms with van der Waals surface area (Å²) in [5.41, 5.74) is 0. The first-order valence-electron chi connectivity index (χ1n) is 7.64. The normalized spacial score (nSPS) is 43.4. The molecule has 1 aliphatic heterocycles. The first-order chi connectivity index (χ1) is 8.22. The van der Waals surface area contributed by atoms with E-state index in [2.05, 4.69) is 4.90 Å². The molecule has 0 amide bonds. The molecule has 2 heteroatoms. The summed E-state index contributed by atoms with van der Waals surface area (Å²) >= 11 is 0. The molecule has 17 heavy (non-hydrogen) atoms. The number of aliphatic hydroxyl groups excluding tert-OH is 1. The van der Waals surface area contributed by atoms with Crippen molar-refractivity contribution in [2.45, 2.75) is 64.0 Å². The molecule has 2 saturated carbocycles. The van der Waals surface area contributed by atoms with Crippen molar-refractivity contribution in [2.24, 2.45) is 17.8 Å². The largest absolute Gasteiger partial charge is 0.393 e. The summed E-state index contributed by atoms with van der Waals surface area (Å²) in [6.45, 7) is 4.55. The van der Waals surface area contributed by atoms with Crippen molar-refractivity contribution in [3.63, 3.8) is 0 Å². The van der Waals surface area contributed by atoms with Crippen molar-refractivity contribution in [3.05, 3.63) is 0 Å². The predicted octanol–water partition coefficient (Wildman–Crippen LogP) is 2.66. The van der Waals surface area contributed by atoms with Crippen LogP contribution < -0.4 is 0 Å². The van der Waals surface area contributed by atoms with E-state index in [4.69, 9.17) is 0 Å². The molecule has 3 aliphatic rings. The van der Waals surface area contributed by atoms with Gasteiger partial charge >= 0.3 is 0 Å². The van der Waals surface area contributed by atoms with E-state index < -0.39 is 0 Å². The van der Waals surface area contributed by atoms with Gasteiger partial charge in [0.1, 0.15) is 0 Å². The molecular weight excluding hydrogens is 210 g/mol. The Labute approximate surface area is 105 Å². The first-order valence-corrected chi connectivity index (χ1v) is 7.64. The molecule has 98 valence electrons. The molecule has 2 aliphatic carbocycles. The Kier molecular flexibility index (Phi) is 3.45. The van der Waals surface area contributed by atoms with Crippen LogP contribution in [0.1, 0.15) is 51.9 Å². The maximum absolute atomic E-state index is 9.57. The molecule has 0 radical (unpaired) electrons. The Morgan fingerprint density at radius 3 is 2.76 bits per heavy atom. The van der Waals surface area contributed by atoms with E-state index in [-0.39, 0.29) is 6.10 Å². The lowest BCUT2D eigenvalue weighted by molar-refractivity contribution is 0.116. The van der Waals surface area contributed by atoms with Crippen LogP contribution in [-0.4, -0.2) is 35.2 Å². The molecule has 0 spiro atoms. The zero-order valence-electron chi connectivity index (χ0n) is 11.1. The van der Waals surface area contributed by atoms with Crippen molar-refractivity contribution in [1.29, 1.82) is 0 Å². The molecule has 2 nitrogen and oxygen atoms in total. The molecular formula is C15H27NO. The van der Waals surface area contributed by atoms with Gasteiger partial charge in [0.15, 0.2) is 0 Å². The van der Waals surface area contributed by atoms with Crippen LogP contribution in [0.4, 0.5) is 0 Å². The van der Waals surface area contributed by atoms with E-state index in [1.807, 2.05) is 6.92 Å². The topological polar surface area (TPSA) is 23.5 Å². The van der Waals surface area contributed by atoms with E-state index in [1.165, 1.54) is 51.6 Å². The van der Waals surface area contributed by atoms with E-state index in [0.29, 0.717) is 6.04 Å². The number of hydrogen-bond acceptors (Lipinski definition) is 2. The first kappa shape index (κ1) is 12.0. The highest BCUT2D eigenvalue weighted by Gasteiger charge is 2.41. The number of likely N-dealkylation sites (tertiary alicyclic amines) is 1. The summed E-state index contributed by atoms with van der Waals surface area (Å²) in [4.78, 5) is 2.69. The predicted molar refractivity (Wildman–Crippen MR) is 69.8 cm³/mol. The van der Waals surface area contributed by atoms with Gasteiger partial charge in [-0.1, -0.05) is 6.42 Å². The Bertz CT molecular complexity index is 266. The van der Waals surface area contributed by atoms with Crippen molar-refractivity contribution >= 4 is 0 Å². The number of nitrogens with zero attached hydrogens (tertiary/aromatic N) is 1. The van der Waals surface area contributed by atoms with Gasteiger partial charge in [0, 0.05) is 12.6 Å². The Morgan fingerprint density at radius 2 is 2.12 bits per heavy atom. The second kappa shape index (κ2) is 4.89. The molecule has 3 rings (SSSR count). The molecule has 2 bridgehead atoms. The van der Waals surface area contributed by atoms with Crippen molar-refractivity contribution in [2.75, 3.05) is 13.1 Å². The minimum absolute atomic E-state index is 0.124. The number of aliphatic hydroxyl groups is 1. The highest BCUT2D eigenvalue weighted by molar-refractivity contribution is 4.93. The van der Waals surface area contributed by atoms with E-state index >= 15 is 0 Å². The Balaban J connectivity index is 1.53. The number of rotatable bonds is 4. The third-order valence-electron chi connectivity index (χ3n) is 5.47. The maximum atomic E-state index is 9.57. The van der Waals surface area contributed by atoms with Crippen LogP contribution in [0.2, 0.25) is 0 Å². The average molecular weight is 237 g/mol. The monoisotopic (exact) mass is 237 g/mol. The molecule has 5 unspecified atom stereocenters. The number of hydrogen-bond donors (Lipinski definition) is 1. The summed E-state index contributed by atoms with van der Waals surface area (Å²) in [6, 6.07) is 0.675. The average Bonchev–Trinajstić information content (AvgIpc) is 2.95. The van der Waals surface area contributed by atoms with E-state index in [1.54, 1.807) is 0 Å². The molecule has 0 aromatic heterocycles. The van der Waals surface area contributed by atoms with Crippen LogP contribution in [0.3, 0.4) is 0 Å². The summed E-state index contributed by atoms with van der Waals surface area (Å²) < 4.78 is 0. The fourth-order valence-corrected chi connectivity index (χ4v) is 4.70. The van der Waals surface area contributed by atoms with Gasteiger partial charge in [-0.3, -0.25) is 0 Å². The Morgan fingerprint density at radius 1 is 1.24 bits per heavy atom. The summed E-state index contributed by atoms with van der Waals surface area (Å²) in [5.74, 6) is 3.11. The third kappa shape index (κ3) is 2.53. The third-order valence-corrected chi connectivity index (χ3v) is 5.47. The molecule has 1 saturated heterocycles. The van der Waals surface area contributed by atoms with Crippen LogP contribution in [0.15, 0.2) is 0 Å². The van der Waals surface area contributed by atoms with Crippen LogP contribution in [0.25, 0.3) is 0 Å². The summed E-state index contributed by atoms with van der Waals surface area (Å²) in [7, 11) is 0. The second-order valence-corrected chi connectivity index (χ2v) is 6.81. The summed E-state index contributed by atoms with van der Waals surface area (Å²) in [5, 5.41) is 9.57. The molecule has 3 fully saturated rings. The zero-order valence-corrected chi connectivity index (χ0v) is 11.1. The fraction of sp³-hybridized carbons (Fsp3) is 1.00. The van der Waals surface area contributed by atoms with Gasteiger partial charge in [-0.25, -0.2) is 0 Å². The second-order valence-electron chi connectivity index (χ2n) is 6.81. The van der Waals surface area contributed by atoms with Crippen LogP contribution >= 0.6 is 0 Å². The zero-order chi connectivity index (χ0) is 11.8. The van der Waals surface area contributed by atoms with Gasteiger partial charge in [0.2, 0.25) is 0 Å². The summed E-state index contributed by atoms with van der Waals surface area (Å²) in [6.07, 6.45) is 9.57. The number of fused-ring (bicyclic) bond motifs is 2. The standard InChI is InChI=1S/C15H27NO/c1-11(17)7-15-3-2-6-16(15)10-14-9-12-4-5-13(14)8-12/h11-15,17H,2-10H2,1H3. The van der Waals surface area contributed by atoms with Crippen molar-refractivity contribution < 1.29 is 5.11 Å². The molecule has 0 aromatic carbocycles. The van der Waals surface area contributed by atoms with Gasteiger partial charge in [0.25, 0.3) is 0 Å². The van der Waals surface area contributed by atoms with Crippen molar-refractivity contribution in [3.8, 4) is 0 Å².